The zero-order chi connectivity index (χ0) is 15.1. The molecule has 0 saturated carbocycles. The molecule has 1 aromatic carbocycles. The number of carboxylic acids is 1. The van der Waals surface area contributed by atoms with Gasteiger partial charge in [0.1, 0.15) is 18.0 Å². The van der Waals surface area contributed by atoms with Gasteiger partial charge in [-0.25, -0.2) is 4.79 Å². The first-order valence-corrected chi connectivity index (χ1v) is 6.95. The standard InChI is InChI=1S/C15H21NO5/c1-19-15(5-7-20-11-15)10-16-6-8-21-13-4-2-3-12(9-13)14(17)18/h2-4,9,16H,5-8,10-11H2,1H3,(H,17,18). The zero-order valence-corrected chi connectivity index (χ0v) is 12.1. The summed E-state index contributed by atoms with van der Waals surface area (Å²) < 4.78 is 16.4. The van der Waals surface area contributed by atoms with Crippen LogP contribution in [0.15, 0.2) is 24.3 Å². The van der Waals surface area contributed by atoms with Crippen molar-refractivity contribution in [2.45, 2.75) is 12.0 Å². The van der Waals surface area contributed by atoms with Crippen LogP contribution in [0.25, 0.3) is 0 Å². The van der Waals surface area contributed by atoms with E-state index >= 15 is 0 Å². The van der Waals surface area contributed by atoms with Crippen LogP contribution >= 0.6 is 0 Å². The molecule has 1 unspecified atom stereocenters. The number of benzene rings is 1. The monoisotopic (exact) mass is 295 g/mol. The van der Waals surface area contributed by atoms with Crippen molar-refractivity contribution < 1.29 is 24.1 Å². The maximum absolute atomic E-state index is 10.9. The number of carboxylic acid groups (broad SMARTS) is 1. The number of aromatic carboxylic acids is 1. The predicted octanol–water partition coefficient (Wildman–Crippen LogP) is 1.16. The first-order chi connectivity index (χ1) is 10.2. The minimum atomic E-state index is -0.957. The van der Waals surface area contributed by atoms with Gasteiger partial charge in [-0.3, -0.25) is 0 Å². The van der Waals surface area contributed by atoms with Gasteiger partial charge in [0.2, 0.25) is 0 Å². The van der Waals surface area contributed by atoms with Gasteiger partial charge in [0, 0.05) is 33.2 Å². The summed E-state index contributed by atoms with van der Waals surface area (Å²) in [5.74, 6) is -0.399. The highest BCUT2D eigenvalue weighted by Gasteiger charge is 2.34. The summed E-state index contributed by atoms with van der Waals surface area (Å²) in [6.45, 7) is 3.17. The fourth-order valence-corrected chi connectivity index (χ4v) is 2.24. The van der Waals surface area contributed by atoms with Gasteiger partial charge in [-0.05, 0) is 18.2 Å². The van der Waals surface area contributed by atoms with E-state index in [1.807, 2.05) is 0 Å². The Morgan fingerprint density at radius 1 is 1.52 bits per heavy atom. The smallest absolute Gasteiger partial charge is 0.335 e. The summed E-state index contributed by atoms with van der Waals surface area (Å²) in [5, 5.41) is 12.2. The third-order valence-corrected chi connectivity index (χ3v) is 3.58. The van der Waals surface area contributed by atoms with Crippen molar-refractivity contribution in [1.82, 2.24) is 5.32 Å². The van der Waals surface area contributed by atoms with E-state index in [0.29, 0.717) is 32.1 Å². The molecule has 1 aliphatic heterocycles. The topological polar surface area (TPSA) is 77.0 Å². The van der Waals surface area contributed by atoms with Crippen LogP contribution in [0.1, 0.15) is 16.8 Å². The van der Waals surface area contributed by atoms with Crippen LogP contribution in [0.5, 0.6) is 5.75 Å². The highest BCUT2D eigenvalue weighted by molar-refractivity contribution is 5.87. The lowest BCUT2D eigenvalue weighted by molar-refractivity contribution is -0.0159. The number of rotatable bonds is 8. The van der Waals surface area contributed by atoms with Gasteiger partial charge in [-0.1, -0.05) is 6.07 Å². The van der Waals surface area contributed by atoms with Gasteiger partial charge in [-0.2, -0.15) is 0 Å². The SMILES string of the molecule is COC1(CNCCOc2cccc(C(=O)O)c2)CCOC1. The van der Waals surface area contributed by atoms with E-state index in [4.69, 9.17) is 19.3 Å². The molecule has 1 atom stereocenters. The van der Waals surface area contributed by atoms with Crippen molar-refractivity contribution in [2.75, 3.05) is 40.0 Å². The van der Waals surface area contributed by atoms with Crippen molar-refractivity contribution in [3.8, 4) is 5.75 Å². The molecule has 2 rings (SSSR count). The van der Waals surface area contributed by atoms with Crippen LogP contribution < -0.4 is 10.1 Å². The van der Waals surface area contributed by atoms with Gasteiger partial charge in [0.15, 0.2) is 0 Å². The van der Waals surface area contributed by atoms with E-state index in [0.717, 1.165) is 13.0 Å². The second-order valence-corrected chi connectivity index (χ2v) is 5.05. The highest BCUT2D eigenvalue weighted by Crippen LogP contribution is 2.21. The second kappa shape index (κ2) is 7.40. The molecular weight excluding hydrogens is 274 g/mol. The second-order valence-electron chi connectivity index (χ2n) is 5.05. The largest absolute Gasteiger partial charge is 0.492 e. The molecule has 0 aromatic heterocycles. The Kier molecular flexibility index (Phi) is 5.55. The Morgan fingerprint density at radius 3 is 3.05 bits per heavy atom. The van der Waals surface area contributed by atoms with Gasteiger partial charge in [0.25, 0.3) is 0 Å². The molecule has 6 heteroatoms. The Labute approximate surface area is 124 Å². The molecule has 1 heterocycles. The zero-order valence-electron chi connectivity index (χ0n) is 12.1. The molecule has 6 nitrogen and oxygen atoms in total. The van der Waals surface area contributed by atoms with Crippen LogP contribution in [0.2, 0.25) is 0 Å². The summed E-state index contributed by atoms with van der Waals surface area (Å²) >= 11 is 0. The van der Waals surface area contributed by atoms with Crippen LogP contribution in [-0.4, -0.2) is 56.7 Å². The number of hydrogen-bond acceptors (Lipinski definition) is 5. The summed E-state index contributed by atoms with van der Waals surface area (Å²) in [6.07, 6.45) is 0.887. The molecule has 116 valence electrons. The van der Waals surface area contributed by atoms with E-state index in [-0.39, 0.29) is 11.2 Å². The summed E-state index contributed by atoms with van der Waals surface area (Å²) in [7, 11) is 1.70. The molecule has 0 spiro atoms. The third kappa shape index (κ3) is 4.42. The minimum absolute atomic E-state index is 0.224. The normalized spacial score (nSPS) is 21.4. The highest BCUT2D eigenvalue weighted by atomic mass is 16.5. The fraction of sp³-hybridized carbons (Fsp3) is 0.533. The maximum Gasteiger partial charge on any atom is 0.335 e. The van der Waals surface area contributed by atoms with Gasteiger partial charge in [-0.15, -0.1) is 0 Å². The van der Waals surface area contributed by atoms with E-state index in [9.17, 15) is 4.79 Å². The van der Waals surface area contributed by atoms with Crippen molar-refractivity contribution in [3.63, 3.8) is 0 Å². The Hall–Kier alpha value is -1.63. The molecule has 21 heavy (non-hydrogen) atoms. The van der Waals surface area contributed by atoms with E-state index in [1.165, 1.54) is 12.1 Å². The summed E-state index contributed by atoms with van der Waals surface area (Å²) in [6, 6.07) is 6.47. The number of nitrogens with one attached hydrogen (secondary N) is 1. The Morgan fingerprint density at radius 2 is 2.38 bits per heavy atom. The van der Waals surface area contributed by atoms with Crippen molar-refractivity contribution >= 4 is 5.97 Å². The lowest BCUT2D eigenvalue weighted by atomic mass is 10.0. The average molecular weight is 295 g/mol. The fourth-order valence-electron chi connectivity index (χ4n) is 2.24. The number of ether oxygens (including phenoxy) is 3. The molecule has 1 fully saturated rings. The lowest BCUT2D eigenvalue weighted by Crippen LogP contribution is -2.44. The predicted molar refractivity (Wildman–Crippen MR) is 76.9 cm³/mol. The third-order valence-electron chi connectivity index (χ3n) is 3.58. The van der Waals surface area contributed by atoms with Gasteiger partial charge < -0.3 is 24.6 Å². The van der Waals surface area contributed by atoms with Crippen LogP contribution in [0.3, 0.4) is 0 Å². The first-order valence-electron chi connectivity index (χ1n) is 6.95. The molecule has 2 N–H and O–H groups in total. The molecule has 0 aliphatic carbocycles. The molecule has 0 radical (unpaired) electrons. The van der Waals surface area contributed by atoms with Gasteiger partial charge in [0.05, 0.1) is 12.2 Å². The molecule has 1 aromatic rings. The summed E-state index contributed by atoms with van der Waals surface area (Å²) in [4.78, 5) is 10.9. The molecule has 0 bridgehead atoms. The van der Waals surface area contributed by atoms with E-state index in [1.54, 1.807) is 19.2 Å². The van der Waals surface area contributed by atoms with Crippen LogP contribution in [-0.2, 0) is 9.47 Å². The molecular formula is C15H21NO5. The van der Waals surface area contributed by atoms with Crippen molar-refractivity contribution in [2.24, 2.45) is 0 Å². The first kappa shape index (κ1) is 15.8. The van der Waals surface area contributed by atoms with Crippen molar-refractivity contribution in [3.05, 3.63) is 29.8 Å². The quantitative estimate of drug-likeness (QED) is 0.701. The molecule has 1 aliphatic rings. The van der Waals surface area contributed by atoms with Crippen molar-refractivity contribution in [1.29, 1.82) is 0 Å². The number of hydrogen-bond donors (Lipinski definition) is 2. The lowest BCUT2D eigenvalue weighted by Gasteiger charge is -2.26. The summed E-state index contributed by atoms with van der Waals surface area (Å²) in [5.41, 5.74) is -0.00893. The van der Waals surface area contributed by atoms with Crippen LogP contribution in [0, 0.1) is 0 Å². The molecule has 0 amide bonds. The maximum atomic E-state index is 10.9. The number of methoxy groups -OCH3 is 1. The Balaban J connectivity index is 1.70. The van der Waals surface area contributed by atoms with E-state index < -0.39 is 5.97 Å². The van der Waals surface area contributed by atoms with E-state index in [2.05, 4.69) is 5.32 Å². The number of carbonyl (C=O) groups is 1. The Bertz CT molecular complexity index is 471. The minimum Gasteiger partial charge on any atom is -0.492 e. The average Bonchev–Trinajstić information content (AvgIpc) is 2.96. The van der Waals surface area contributed by atoms with Crippen LogP contribution in [0.4, 0.5) is 0 Å². The van der Waals surface area contributed by atoms with Gasteiger partial charge >= 0.3 is 5.97 Å². The molecule has 1 saturated heterocycles.